The van der Waals surface area contributed by atoms with E-state index in [0.717, 1.165) is 44.1 Å². The quantitative estimate of drug-likeness (QED) is 0.0750. The lowest BCUT2D eigenvalue weighted by Crippen LogP contribution is -2.55. The van der Waals surface area contributed by atoms with Gasteiger partial charge in [-0.3, -0.25) is 14.4 Å². The molecule has 1 atom stereocenters. The van der Waals surface area contributed by atoms with Gasteiger partial charge in [0.15, 0.2) is 5.60 Å². The first-order valence-electron chi connectivity index (χ1n) is 18.5. The summed E-state index contributed by atoms with van der Waals surface area (Å²) in [6.45, 7) is 5.36. The summed E-state index contributed by atoms with van der Waals surface area (Å²) < 4.78 is 5.89. The number of nitrogens with one attached hydrogen (secondary N) is 3. The molecule has 0 aliphatic heterocycles. The molecule has 2 aromatic carbocycles. The molecule has 9 nitrogen and oxygen atoms in total. The number of halogens is 1. The zero-order valence-corrected chi connectivity index (χ0v) is 32.5. The van der Waals surface area contributed by atoms with E-state index < -0.39 is 23.5 Å². The normalized spacial score (nSPS) is 12.7. The monoisotopic (exact) mass is 757 g/mol. The number of carbonyl (C=O) groups excluding carboxylic acids is 3. The first kappa shape index (κ1) is 45.0. The average Bonchev–Trinajstić information content (AvgIpc) is 3.14. The summed E-state index contributed by atoms with van der Waals surface area (Å²) >= 11 is 5.88. The fourth-order valence-electron chi connectivity index (χ4n) is 4.78. The van der Waals surface area contributed by atoms with Crippen molar-refractivity contribution in [2.75, 3.05) is 13.1 Å². The van der Waals surface area contributed by atoms with Crippen molar-refractivity contribution >= 4 is 35.3 Å². The van der Waals surface area contributed by atoms with Crippen LogP contribution < -0.4 is 20.7 Å². The van der Waals surface area contributed by atoms with Crippen LogP contribution in [-0.2, 0) is 20.8 Å². The minimum absolute atomic E-state index is 0.195. The topological polar surface area (TPSA) is 134 Å². The van der Waals surface area contributed by atoms with Crippen molar-refractivity contribution in [2.45, 2.75) is 90.2 Å². The smallest absolute Gasteiger partial charge is 0.328 e. The van der Waals surface area contributed by atoms with E-state index >= 15 is 0 Å². The van der Waals surface area contributed by atoms with Crippen LogP contribution in [0.2, 0.25) is 5.02 Å². The predicted molar refractivity (Wildman–Crippen MR) is 219 cm³/mol. The molecule has 0 fully saturated rings. The molecule has 54 heavy (non-hydrogen) atoms. The van der Waals surface area contributed by atoms with Crippen molar-refractivity contribution in [1.29, 1.82) is 0 Å². The van der Waals surface area contributed by atoms with E-state index in [4.69, 9.17) is 16.3 Å². The van der Waals surface area contributed by atoms with Crippen LogP contribution in [0.15, 0.2) is 121 Å². The van der Waals surface area contributed by atoms with Gasteiger partial charge in [0.2, 0.25) is 5.91 Å². The van der Waals surface area contributed by atoms with Crippen molar-refractivity contribution in [2.24, 2.45) is 0 Å². The molecule has 1 unspecified atom stereocenters. The minimum atomic E-state index is -1.40. The van der Waals surface area contributed by atoms with E-state index in [1.165, 1.54) is 13.8 Å². The molecule has 0 saturated carbocycles. The van der Waals surface area contributed by atoms with Crippen molar-refractivity contribution in [1.82, 2.24) is 16.0 Å². The number of hydrogen-bond donors (Lipinski definition) is 4. The number of hydrogen-bond acceptors (Lipinski definition) is 5. The summed E-state index contributed by atoms with van der Waals surface area (Å²) in [4.78, 5) is 49.5. The summed E-state index contributed by atoms with van der Waals surface area (Å²) in [7, 11) is 0. The van der Waals surface area contributed by atoms with Crippen molar-refractivity contribution < 1.29 is 29.0 Å². The second-order valence-electron chi connectivity index (χ2n) is 12.9. The van der Waals surface area contributed by atoms with Gasteiger partial charge in [-0.15, -0.1) is 0 Å². The minimum Gasteiger partial charge on any atom is -0.480 e. The molecule has 290 valence electrons. The highest BCUT2D eigenvalue weighted by Crippen LogP contribution is 2.20. The van der Waals surface area contributed by atoms with Gasteiger partial charge >= 0.3 is 5.97 Å². The lowest BCUT2D eigenvalue weighted by molar-refractivity contribution is -0.145. The van der Waals surface area contributed by atoms with Crippen LogP contribution in [0.4, 0.5) is 0 Å². The second kappa shape index (κ2) is 26.6. The standard InChI is InChI=1S/C44H56ClN3O6/c1-4-5-6-7-8-9-10-11-12-13-14-15-16-17-18-19-20-21-22-23-40(49)47-34-39(42(51)52)48-43(53)44(2,3)54-38-30-24-35(25-31-38)32-33-46-41(50)36-26-28-37(45)29-27-36/h5-6,8-9,11-12,14-15,17-18,20-21,24-31,39H,4,7,10,13,16,19,22-23,32-34H2,1-3H3,(H,46,50)(H,47,49)(H,48,53)(H,51,52)/b6-5-,9-8-,12-11-,15-14-,18-17-,21-20-. The van der Waals surface area contributed by atoms with Gasteiger partial charge in [-0.2, -0.15) is 0 Å². The number of allylic oxidation sites excluding steroid dienone is 12. The number of benzene rings is 2. The second-order valence-corrected chi connectivity index (χ2v) is 13.3. The number of carboxylic acid groups (broad SMARTS) is 1. The van der Waals surface area contributed by atoms with Gasteiger partial charge in [0, 0.05) is 30.1 Å². The highest BCUT2D eigenvalue weighted by molar-refractivity contribution is 6.30. The summed E-state index contributed by atoms with van der Waals surface area (Å²) in [6, 6.07) is 12.4. The van der Waals surface area contributed by atoms with E-state index in [1.807, 2.05) is 24.3 Å². The first-order valence-corrected chi connectivity index (χ1v) is 18.9. The molecule has 4 N–H and O–H groups in total. The molecule has 0 saturated heterocycles. The number of rotatable bonds is 25. The fourth-order valence-corrected chi connectivity index (χ4v) is 4.91. The zero-order valence-electron chi connectivity index (χ0n) is 31.8. The van der Waals surface area contributed by atoms with E-state index in [-0.39, 0.29) is 24.8 Å². The lowest BCUT2D eigenvalue weighted by atomic mass is 10.1. The Morgan fingerprint density at radius 2 is 1.26 bits per heavy atom. The molecule has 10 heteroatoms. The molecular formula is C44H56ClN3O6. The molecule has 2 rings (SSSR count). The highest BCUT2D eigenvalue weighted by atomic mass is 35.5. The Kier molecular flexibility index (Phi) is 22.2. The molecule has 0 aliphatic carbocycles. The summed E-state index contributed by atoms with van der Waals surface area (Å²) in [5.74, 6) is -2.01. The molecule has 0 aromatic heterocycles. The van der Waals surface area contributed by atoms with Crippen LogP contribution >= 0.6 is 11.6 Å². The third kappa shape index (κ3) is 20.2. The molecule has 0 aliphatic rings. The van der Waals surface area contributed by atoms with Gasteiger partial charge in [-0.1, -0.05) is 104 Å². The number of amides is 3. The van der Waals surface area contributed by atoms with Gasteiger partial charge in [0.05, 0.1) is 0 Å². The van der Waals surface area contributed by atoms with Crippen LogP contribution in [0.1, 0.15) is 88.1 Å². The Bertz CT molecular complexity index is 1620. The van der Waals surface area contributed by atoms with E-state index in [9.17, 15) is 24.3 Å². The molecular weight excluding hydrogens is 702 g/mol. The molecule has 0 heterocycles. The summed E-state index contributed by atoms with van der Waals surface area (Å²) in [6.07, 6.45) is 32.3. The number of carboxylic acids is 1. The first-order chi connectivity index (χ1) is 26.0. The van der Waals surface area contributed by atoms with Gasteiger partial charge < -0.3 is 25.8 Å². The largest absolute Gasteiger partial charge is 0.480 e. The summed E-state index contributed by atoms with van der Waals surface area (Å²) in [5.41, 5.74) is 0.0680. The Hall–Kier alpha value is -5.15. The third-order valence-corrected chi connectivity index (χ3v) is 8.14. The Balaban J connectivity index is 1.64. The SMILES string of the molecule is CC/C=C\C/C=C\C/C=C\C/C=C\C/C=C\C/C=C\CCC(=O)NCC(NC(=O)C(C)(C)Oc1ccc(CCNC(=O)c2ccc(Cl)cc2)cc1)C(=O)O. The van der Waals surface area contributed by atoms with Gasteiger partial charge in [-0.25, -0.2) is 4.79 Å². The summed E-state index contributed by atoms with van der Waals surface area (Å²) in [5, 5.41) is 18.2. The van der Waals surface area contributed by atoms with E-state index in [1.54, 1.807) is 36.4 Å². The van der Waals surface area contributed by atoms with Gasteiger partial charge in [-0.05, 0) is 107 Å². The number of carbonyl (C=O) groups is 4. The lowest BCUT2D eigenvalue weighted by Gasteiger charge is -2.27. The van der Waals surface area contributed by atoms with Crippen LogP contribution in [0, 0.1) is 0 Å². The zero-order chi connectivity index (χ0) is 39.4. The van der Waals surface area contributed by atoms with Crippen LogP contribution in [-0.4, -0.2) is 53.5 Å². The highest BCUT2D eigenvalue weighted by Gasteiger charge is 2.33. The van der Waals surface area contributed by atoms with Crippen LogP contribution in [0.25, 0.3) is 0 Å². The van der Waals surface area contributed by atoms with E-state index in [2.05, 4.69) is 83.6 Å². The molecule has 0 spiro atoms. The number of ether oxygens (including phenoxy) is 1. The molecule has 2 aromatic rings. The van der Waals surface area contributed by atoms with E-state index in [0.29, 0.717) is 35.7 Å². The van der Waals surface area contributed by atoms with Crippen LogP contribution in [0.3, 0.4) is 0 Å². The van der Waals surface area contributed by atoms with Crippen molar-refractivity contribution in [3.05, 3.63) is 138 Å². The maximum Gasteiger partial charge on any atom is 0.328 e. The molecule has 3 amide bonds. The fraction of sp³-hybridized carbons (Fsp3) is 0.364. The maximum absolute atomic E-state index is 13.0. The molecule has 0 radical (unpaired) electrons. The average molecular weight is 758 g/mol. The predicted octanol–water partition coefficient (Wildman–Crippen LogP) is 8.63. The number of aliphatic carboxylic acids is 1. The van der Waals surface area contributed by atoms with Crippen molar-refractivity contribution in [3.8, 4) is 5.75 Å². The Morgan fingerprint density at radius 1 is 0.741 bits per heavy atom. The molecule has 0 bridgehead atoms. The van der Waals surface area contributed by atoms with Crippen molar-refractivity contribution in [3.63, 3.8) is 0 Å². The Morgan fingerprint density at radius 3 is 1.78 bits per heavy atom. The Labute approximate surface area is 326 Å². The maximum atomic E-state index is 13.0. The third-order valence-electron chi connectivity index (χ3n) is 7.89. The van der Waals surface area contributed by atoms with Crippen LogP contribution in [0.5, 0.6) is 5.75 Å². The van der Waals surface area contributed by atoms with Gasteiger partial charge in [0.25, 0.3) is 11.8 Å². The van der Waals surface area contributed by atoms with Gasteiger partial charge in [0.1, 0.15) is 11.8 Å².